The molecule has 0 saturated heterocycles. The molecule has 3 heteroatoms. The van der Waals surface area contributed by atoms with E-state index >= 15 is 0 Å². The third kappa shape index (κ3) is 4.24. The Morgan fingerprint density at radius 2 is 1.95 bits per heavy atom. The van der Waals surface area contributed by atoms with Crippen LogP contribution in [-0.4, -0.2) is 17.8 Å². The molecule has 2 aromatic carbocycles. The Morgan fingerprint density at radius 1 is 1.20 bits per heavy atom. The molecule has 0 aliphatic heterocycles. The molecule has 0 aliphatic carbocycles. The van der Waals surface area contributed by atoms with Crippen LogP contribution in [0.1, 0.15) is 25.3 Å². The highest BCUT2D eigenvalue weighted by molar-refractivity contribution is 6.20. The Bertz CT molecular complexity index is 582. The number of benzene rings is 2. The molecule has 106 valence electrons. The first kappa shape index (κ1) is 14.9. The van der Waals surface area contributed by atoms with Crippen molar-refractivity contribution in [3.05, 3.63) is 48.0 Å². The Hall–Kier alpha value is -1.54. The summed E-state index contributed by atoms with van der Waals surface area (Å²) in [7, 11) is 0. The van der Waals surface area contributed by atoms with Gasteiger partial charge in [0.2, 0.25) is 5.91 Å². The third-order valence-corrected chi connectivity index (χ3v) is 3.93. The quantitative estimate of drug-likeness (QED) is 0.803. The van der Waals surface area contributed by atoms with E-state index < -0.39 is 0 Å². The Kier molecular flexibility index (Phi) is 5.42. The van der Waals surface area contributed by atoms with Crippen molar-refractivity contribution in [3.8, 4) is 0 Å². The molecule has 1 amide bonds. The van der Waals surface area contributed by atoms with Crippen LogP contribution < -0.4 is 5.32 Å². The van der Waals surface area contributed by atoms with Gasteiger partial charge in [0.05, 0.1) is 6.42 Å². The number of amides is 1. The summed E-state index contributed by atoms with van der Waals surface area (Å²) >= 11 is 6.02. The van der Waals surface area contributed by atoms with Crippen LogP contribution in [0.3, 0.4) is 0 Å². The smallest absolute Gasteiger partial charge is 0.224 e. The van der Waals surface area contributed by atoms with Gasteiger partial charge in [0, 0.05) is 11.9 Å². The maximum atomic E-state index is 11.9. The van der Waals surface area contributed by atoms with E-state index in [-0.39, 0.29) is 11.3 Å². The Balaban J connectivity index is 1.89. The first-order chi connectivity index (χ1) is 9.69. The molecule has 2 aromatic rings. The largest absolute Gasteiger partial charge is 0.356 e. The van der Waals surface area contributed by atoms with Crippen molar-refractivity contribution >= 4 is 28.3 Å². The molecule has 0 aliphatic rings. The molecule has 0 fully saturated rings. The van der Waals surface area contributed by atoms with Gasteiger partial charge in [-0.2, -0.15) is 0 Å². The average molecular weight is 290 g/mol. The molecule has 1 N–H and O–H groups in total. The summed E-state index contributed by atoms with van der Waals surface area (Å²) in [6.45, 7) is 2.70. The zero-order valence-corrected chi connectivity index (χ0v) is 12.5. The van der Waals surface area contributed by atoms with E-state index in [4.69, 9.17) is 11.6 Å². The van der Waals surface area contributed by atoms with E-state index in [2.05, 4.69) is 36.5 Å². The number of carbonyl (C=O) groups excluding carboxylic acids is 1. The highest BCUT2D eigenvalue weighted by Gasteiger charge is 2.05. The number of carbonyl (C=O) groups is 1. The molecule has 2 rings (SSSR count). The summed E-state index contributed by atoms with van der Waals surface area (Å²) in [6.07, 6.45) is 2.17. The fourth-order valence-corrected chi connectivity index (χ4v) is 2.28. The van der Waals surface area contributed by atoms with Crippen LogP contribution in [0.15, 0.2) is 42.5 Å². The molecule has 0 aromatic heterocycles. The second kappa shape index (κ2) is 7.30. The number of fused-ring (bicyclic) bond motifs is 1. The maximum Gasteiger partial charge on any atom is 0.224 e. The number of hydrogen-bond acceptors (Lipinski definition) is 1. The summed E-state index contributed by atoms with van der Waals surface area (Å²) in [5.74, 6) is 0.0558. The van der Waals surface area contributed by atoms with Gasteiger partial charge in [0.1, 0.15) is 0 Å². The Morgan fingerprint density at radius 3 is 2.70 bits per heavy atom. The van der Waals surface area contributed by atoms with Gasteiger partial charge in [0.15, 0.2) is 0 Å². The molecule has 0 bridgehead atoms. The van der Waals surface area contributed by atoms with Gasteiger partial charge in [-0.15, -0.1) is 11.6 Å². The summed E-state index contributed by atoms with van der Waals surface area (Å²) in [5, 5.41) is 5.44. The Labute approximate surface area is 125 Å². The minimum absolute atomic E-state index is 0.0558. The van der Waals surface area contributed by atoms with Gasteiger partial charge in [-0.1, -0.05) is 49.4 Å². The standard InChI is InChI=1S/C17H20ClNO/c1-2-16(18)9-10-19-17(20)12-13-7-8-14-5-3-4-6-15(14)11-13/h3-8,11,16H,2,9-10,12H2,1H3,(H,19,20). The van der Waals surface area contributed by atoms with Crippen molar-refractivity contribution < 1.29 is 4.79 Å². The van der Waals surface area contributed by atoms with Crippen LogP contribution in [-0.2, 0) is 11.2 Å². The van der Waals surface area contributed by atoms with Crippen molar-refractivity contribution in [3.63, 3.8) is 0 Å². The van der Waals surface area contributed by atoms with Gasteiger partial charge in [-0.3, -0.25) is 4.79 Å². The third-order valence-electron chi connectivity index (χ3n) is 3.40. The lowest BCUT2D eigenvalue weighted by Gasteiger charge is -2.08. The van der Waals surface area contributed by atoms with Crippen molar-refractivity contribution in [2.45, 2.75) is 31.6 Å². The summed E-state index contributed by atoms with van der Waals surface area (Å²) in [6, 6.07) is 14.3. The van der Waals surface area contributed by atoms with Crippen LogP contribution in [0, 0.1) is 0 Å². The molecule has 1 atom stereocenters. The van der Waals surface area contributed by atoms with Gasteiger partial charge >= 0.3 is 0 Å². The highest BCUT2D eigenvalue weighted by Crippen LogP contribution is 2.15. The number of halogens is 1. The molecule has 0 saturated carbocycles. The molecule has 0 spiro atoms. The molecule has 2 nitrogen and oxygen atoms in total. The maximum absolute atomic E-state index is 11.9. The molecule has 0 radical (unpaired) electrons. The van der Waals surface area contributed by atoms with E-state index in [0.717, 1.165) is 18.4 Å². The minimum Gasteiger partial charge on any atom is -0.356 e. The molecule has 20 heavy (non-hydrogen) atoms. The van der Waals surface area contributed by atoms with Gasteiger partial charge in [0.25, 0.3) is 0 Å². The van der Waals surface area contributed by atoms with Gasteiger partial charge in [-0.25, -0.2) is 0 Å². The summed E-state index contributed by atoms with van der Waals surface area (Å²) in [5.41, 5.74) is 1.04. The molecule has 0 heterocycles. The predicted octanol–water partition coefficient (Wildman–Crippen LogP) is 3.91. The molecular weight excluding hydrogens is 270 g/mol. The first-order valence-electron chi connectivity index (χ1n) is 7.07. The topological polar surface area (TPSA) is 29.1 Å². The predicted molar refractivity (Wildman–Crippen MR) is 85.2 cm³/mol. The zero-order chi connectivity index (χ0) is 14.4. The van der Waals surface area contributed by atoms with E-state index in [1.807, 2.05) is 18.2 Å². The van der Waals surface area contributed by atoms with Gasteiger partial charge in [-0.05, 0) is 29.2 Å². The van der Waals surface area contributed by atoms with Crippen LogP contribution in [0.2, 0.25) is 0 Å². The number of rotatable bonds is 6. The van der Waals surface area contributed by atoms with E-state index in [0.29, 0.717) is 13.0 Å². The average Bonchev–Trinajstić information content (AvgIpc) is 2.47. The lowest BCUT2D eigenvalue weighted by molar-refractivity contribution is -0.120. The van der Waals surface area contributed by atoms with Crippen molar-refractivity contribution in [2.24, 2.45) is 0 Å². The number of nitrogens with one attached hydrogen (secondary N) is 1. The summed E-state index contributed by atoms with van der Waals surface area (Å²) in [4.78, 5) is 11.9. The molecule has 1 unspecified atom stereocenters. The van der Waals surface area contributed by atoms with E-state index in [9.17, 15) is 4.79 Å². The lowest BCUT2D eigenvalue weighted by Crippen LogP contribution is -2.27. The molecular formula is C17H20ClNO. The normalized spacial score (nSPS) is 12.3. The van der Waals surface area contributed by atoms with E-state index in [1.54, 1.807) is 0 Å². The van der Waals surface area contributed by atoms with Gasteiger partial charge < -0.3 is 5.32 Å². The van der Waals surface area contributed by atoms with Crippen molar-refractivity contribution in [1.29, 1.82) is 0 Å². The van der Waals surface area contributed by atoms with Crippen LogP contribution in [0.25, 0.3) is 10.8 Å². The summed E-state index contributed by atoms with van der Waals surface area (Å²) < 4.78 is 0. The number of alkyl halides is 1. The highest BCUT2D eigenvalue weighted by atomic mass is 35.5. The second-order valence-corrected chi connectivity index (χ2v) is 5.62. The SMILES string of the molecule is CCC(Cl)CCNC(=O)Cc1ccc2ccccc2c1. The monoisotopic (exact) mass is 289 g/mol. The lowest BCUT2D eigenvalue weighted by atomic mass is 10.0. The number of hydrogen-bond donors (Lipinski definition) is 1. The van der Waals surface area contributed by atoms with E-state index in [1.165, 1.54) is 10.8 Å². The fourth-order valence-electron chi connectivity index (χ4n) is 2.17. The van der Waals surface area contributed by atoms with Crippen molar-refractivity contribution in [2.75, 3.05) is 6.54 Å². The second-order valence-electron chi connectivity index (χ2n) is 5.00. The fraction of sp³-hybridized carbons (Fsp3) is 0.353. The van der Waals surface area contributed by atoms with Crippen LogP contribution >= 0.6 is 11.6 Å². The minimum atomic E-state index is 0.0558. The van der Waals surface area contributed by atoms with Crippen LogP contribution in [0.4, 0.5) is 0 Å². The van der Waals surface area contributed by atoms with Crippen molar-refractivity contribution in [1.82, 2.24) is 5.32 Å². The van der Waals surface area contributed by atoms with Crippen LogP contribution in [0.5, 0.6) is 0 Å². The first-order valence-corrected chi connectivity index (χ1v) is 7.51. The zero-order valence-electron chi connectivity index (χ0n) is 11.7.